The summed E-state index contributed by atoms with van der Waals surface area (Å²) >= 11 is 0. The molecule has 0 aromatic carbocycles. The van der Waals surface area contributed by atoms with E-state index < -0.39 is 5.97 Å². The van der Waals surface area contributed by atoms with E-state index in [2.05, 4.69) is 20.8 Å². The van der Waals surface area contributed by atoms with Crippen LogP contribution < -0.4 is 0 Å². The van der Waals surface area contributed by atoms with Crippen molar-refractivity contribution in [3.8, 4) is 0 Å². The molecule has 1 N–H and O–H groups in total. The van der Waals surface area contributed by atoms with Gasteiger partial charge in [0.1, 0.15) is 0 Å². The molecule has 0 aromatic rings. The van der Waals surface area contributed by atoms with Gasteiger partial charge in [0.2, 0.25) is 0 Å². The first kappa shape index (κ1) is 15.5. The van der Waals surface area contributed by atoms with E-state index in [9.17, 15) is 4.79 Å². The van der Waals surface area contributed by atoms with Gasteiger partial charge in [0.05, 0.1) is 0 Å². The van der Waals surface area contributed by atoms with Crippen molar-refractivity contribution in [2.75, 3.05) is 0 Å². The molecule has 2 unspecified atom stereocenters. The van der Waals surface area contributed by atoms with Gasteiger partial charge in [0.25, 0.3) is 0 Å². The van der Waals surface area contributed by atoms with Crippen LogP contribution in [0.2, 0.25) is 0 Å². The summed E-state index contributed by atoms with van der Waals surface area (Å²) in [4.78, 5) is 10.3. The molecule has 0 aliphatic heterocycles. The molecule has 0 aliphatic carbocycles. The van der Waals surface area contributed by atoms with Crippen LogP contribution in [-0.4, -0.2) is 11.1 Å². The Morgan fingerprint density at radius 3 is 2.12 bits per heavy atom. The van der Waals surface area contributed by atoms with E-state index in [4.69, 9.17) is 5.11 Å². The van der Waals surface area contributed by atoms with Crippen LogP contribution in [0.1, 0.15) is 72.1 Å². The minimum absolute atomic E-state index is 0.337. The van der Waals surface area contributed by atoms with Crippen LogP contribution in [-0.2, 0) is 4.79 Å². The maximum atomic E-state index is 10.3. The van der Waals surface area contributed by atoms with Crippen LogP contribution in [0, 0.1) is 11.8 Å². The topological polar surface area (TPSA) is 37.3 Å². The molecule has 0 spiro atoms. The van der Waals surface area contributed by atoms with Gasteiger partial charge < -0.3 is 5.11 Å². The number of carbonyl (C=O) groups is 1. The Kier molecular flexibility index (Phi) is 9.36. The van der Waals surface area contributed by atoms with E-state index in [0.29, 0.717) is 6.42 Å². The lowest BCUT2D eigenvalue weighted by atomic mass is 9.89. The molecule has 0 amide bonds. The lowest BCUT2D eigenvalue weighted by molar-refractivity contribution is -0.137. The standard InChI is InChI=1S/C14H28O2/c1-4-12(2)13(3)10-8-6-5-7-9-11-14(15)16/h12-13H,4-11H2,1-3H3,(H,15,16). The number of rotatable bonds is 10. The summed E-state index contributed by atoms with van der Waals surface area (Å²) < 4.78 is 0. The first-order valence-corrected chi connectivity index (χ1v) is 6.79. The number of hydrogen-bond donors (Lipinski definition) is 1. The minimum Gasteiger partial charge on any atom is -0.481 e. The molecule has 0 saturated carbocycles. The average molecular weight is 228 g/mol. The van der Waals surface area contributed by atoms with Crippen molar-refractivity contribution >= 4 is 5.97 Å². The maximum absolute atomic E-state index is 10.3. The van der Waals surface area contributed by atoms with E-state index in [-0.39, 0.29) is 0 Å². The first-order valence-electron chi connectivity index (χ1n) is 6.79. The molecule has 0 aliphatic rings. The van der Waals surface area contributed by atoms with Gasteiger partial charge in [-0.25, -0.2) is 0 Å². The minimum atomic E-state index is -0.662. The summed E-state index contributed by atoms with van der Waals surface area (Å²) in [5, 5.41) is 8.48. The van der Waals surface area contributed by atoms with E-state index in [1.165, 1.54) is 32.1 Å². The Balaban J connectivity index is 3.23. The normalized spacial score (nSPS) is 14.7. The first-order chi connectivity index (χ1) is 7.57. The summed E-state index contributed by atoms with van der Waals surface area (Å²) in [6.45, 7) is 6.93. The van der Waals surface area contributed by atoms with Gasteiger partial charge in [-0.05, 0) is 18.3 Å². The van der Waals surface area contributed by atoms with Crippen molar-refractivity contribution in [1.82, 2.24) is 0 Å². The van der Waals surface area contributed by atoms with E-state index in [0.717, 1.165) is 24.7 Å². The maximum Gasteiger partial charge on any atom is 0.303 e. The van der Waals surface area contributed by atoms with E-state index in [1.807, 2.05) is 0 Å². The van der Waals surface area contributed by atoms with Crippen LogP contribution in [0.5, 0.6) is 0 Å². The highest BCUT2D eigenvalue weighted by Gasteiger charge is 2.09. The van der Waals surface area contributed by atoms with Crippen LogP contribution in [0.25, 0.3) is 0 Å². The smallest absolute Gasteiger partial charge is 0.303 e. The number of carboxylic acids is 1. The predicted molar refractivity (Wildman–Crippen MR) is 68.6 cm³/mol. The van der Waals surface area contributed by atoms with Gasteiger partial charge in [0, 0.05) is 6.42 Å². The average Bonchev–Trinajstić information content (AvgIpc) is 2.25. The van der Waals surface area contributed by atoms with Crippen molar-refractivity contribution < 1.29 is 9.90 Å². The van der Waals surface area contributed by atoms with Gasteiger partial charge in [-0.1, -0.05) is 59.3 Å². The predicted octanol–water partition coefficient (Wildman–Crippen LogP) is 4.48. The largest absolute Gasteiger partial charge is 0.481 e. The molecule has 2 heteroatoms. The molecule has 0 radical (unpaired) electrons. The molecule has 0 saturated heterocycles. The van der Waals surface area contributed by atoms with Crippen LogP contribution in [0.4, 0.5) is 0 Å². The SMILES string of the molecule is CCC(C)C(C)CCCCCCCC(=O)O. The number of hydrogen-bond acceptors (Lipinski definition) is 1. The Bertz CT molecular complexity index is 178. The molecule has 0 heterocycles. The van der Waals surface area contributed by atoms with Gasteiger partial charge in [0.15, 0.2) is 0 Å². The molecule has 96 valence electrons. The fourth-order valence-electron chi connectivity index (χ4n) is 1.96. The van der Waals surface area contributed by atoms with Gasteiger partial charge >= 0.3 is 5.97 Å². The Hall–Kier alpha value is -0.530. The zero-order valence-corrected chi connectivity index (χ0v) is 11.2. The highest BCUT2D eigenvalue weighted by atomic mass is 16.4. The fraction of sp³-hybridized carbons (Fsp3) is 0.929. The van der Waals surface area contributed by atoms with Crippen molar-refractivity contribution in [2.24, 2.45) is 11.8 Å². The summed E-state index contributed by atoms with van der Waals surface area (Å²) in [5.41, 5.74) is 0. The zero-order chi connectivity index (χ0) is 12.4. The van der Waals surface area contributed by atoms with Crippen molar-refractivity contribution in [1.29, 1.82) is 0 Å². The third-order valence-corrected chi connectivity index (χ3v) is 3.67. The molecule has 0 fully saturated rings. The van der Waals surface area contributed by atoms with Crippen LogP contribution in [0.15, 0.2) is 0 Å². The third kappa shape index (κ3) is 8.75. The lowest BCUT2D eigenvalue weighted by Crippen LogP contribution is -2.06. The summed E-state index contributed by atoms with van der Waals surface area (Å²) in [6, 6.07) is 0. The van der Waals surface area contributed by atoms with Gasteiger partial charge in [-0.2, -0.15) is 0 Å². The second-order valence-corrected chi connectivity index (χ2v) is 5.06. The monoisotopic (exact) mass is 228 g/mol. The third-order valence-electron chi connectivity index (χ3n) is 3.67. The number of unbranched alkanes of at least 4 members (excludes halogenated alkanes) is 4. The highest BCUT2D eigenvalue weighted by Crippen LogP contribution is 2.21. The molecule has 0 aromatic heterocycles. The molecule has 16 heavy (non-hydrogen) atoms. The van der Waals surface area contributed by atoms with Crippen molar-refractivity contribution in [3.05, 3.63) is 0 Å². The molecule has 2 atom stereocenters. The Morgan fingerprint density at radius 1 is 1.00 bits per heavy atom. The molecular formula is C14H28O2. The molecule has 2 nitrogen and oxygen atoms in total. The Labute approximate surface area is 100 Å². The van der Waals surface area contributed by atoms with E-state index in [1.54, 1.807) is 0 Å². The summed E-state index contributed by atoms with van der Waals surface area (Å²) in [7, 11) is 0. The number of aliphatic carboxylic acids is 1. The second kappa shape index (κ2) is 9.68. The summed E-state index contributed by atoms with van der Waals surface area (Å²) in [6.07, 6.45) is 8.62. The fourth-order valence-corrected chi connectivity index (χ4v) is 1.96. The van der Waals surface area contributed by atoms with Crippen molar-refractivity contribution in [3.63, 3.8) is 0 Å². The molecule has 0 rings (SSSR count). The van der Waals surface area contributed by atoms with Crippen molar-refractivity contribution in [2.45, 2.75) is 72.1 Å². The highest BCUT2D eigenvalue weighted by molar-refractivity contribution is 5.66. The zero-order valence-electron chi connectivity index (χ0n) is 11.2. The van der Waals surface area contributed by atoms with Crippen LogP contribution >= 0.6 is 0 Å². The molecule has 0 bridgehead atoms. The second-order valence-electron chi connectivity index (χ2n) is 5.06. The number of carboxylic acid groups (broad SMARTS) is 1. The summed E-state index contributed by atoms with van der Waals surface area (Å²) in [5.74, 6) is 1.02. The van der Waals surface area contributed by atoms with E-state index >= 15 is 0 Å². The quantitative estimate of drug-likeness (QED) is 0.560. The Morgan fingerprint density at radius 2 is 1.56 bits per heavy atom. The van der Waals surface area contributed by atoms with Gasteiger partial charge in [-0.15, -0.1) is 0 Å². The lowest BCUT2D eigenvalue weighted by Gasteiger charge is -2.17. The molecular weight excluding hydrogens is 200 g/mol. The van der Waals surface area contributed by atoms with Crippen LogP contribution in [0.3, 0.4) is 0 Å². The van der Waals surface area contributed by atoms with Gasteiger partial charge in [-0.3, -0.25) is 4.79 Å².